The van der Waals surface area contributed by atoms with Crippen molar-refractivity contribution in [2.24, 2.45) is 0 Å². The summed E-state index contributed by atoms with van der Waals surface area (Å²) in [6.45, 7) is 13.3. The van der Waals surface area contributed by atoms with Gasteiger partial charge in [0, 0.05) is 47.3 Å². The lowest BCUT2D eigenvalue weighted by atomic mass is 10.1. The topological polar surface area (TPSA) is 35.5 Å². The number of aromatic nitrogens is 2. The monoisotopic (exact) mass is 521 g/mol. The first kappa shape index (κ1) is 26.7. The number of hydrogen-bond donors (Lipinski definition) is 0. The van der Waals surface area contributed by atoms with E-state index in [9.17, 15) is 0 Å². The largest absolute Gasteiger partial charge is 0.324 e. The number of quaternary nitrogens is 1. The highest BCUT2D eigenvalue weighted by Gasteiger charge is 2.28. The summed E-state index contributed by atoms with van der Waals surface area (Å²) in [6, 6.07) is 30.9. The molecular weight excluding hydrogens is 480 g/mol. The molecule has 4 aromatic rings. The molecule has 39 heavy (non-hydrogen) atoms. The van der Waals surface area contributed by atoms with Crippen molar-refractivity contribution in [3.8, 4) is 0 Å². The Morgan fingerprint density at radius 2 is 0.923 bits per heavy atom. The Labute approximate surface area is 233 Å². The standard InChI is InChI=1S/C33H41N6/c1-23(2)36-26-13-9-14-27(21-26)37(24(3)4)32-19-12-20-33(35-32)39(7,8)29-16-10-15-28(22-29)38(25(5)6)31-18-11-17-30(36)34-31/h9-25H,1-8H3/q+1. The van der Waals surface area contributed by atoms with E-state index in [2.05, 4.69) is 155 Å². The molecule has 0 saturated heterocycles. The van der Waals surface area contributed by atoms with Crippen LogP contribution in [0.25, 0.3) is 0 Å². The van der Waals surface area contributed by atoms with Crippen molar-refractivity contribution >= 4 is 46.0 Å². The van der Waals surface area contributed by atoms with Crippen LogP contribution in [0.2, 0.25) is 0 Å². The first-order valence-corrected chi connectivity index (χ1v) is 13.9. The summed E-state index contributed by atoms with van der Waals surface area (Å²) in [7, 11) is 4.40. The highest BCUT2D eigenvalue weighted by atomic mass is 15.4. The molecule has 0 unspecified atom stereocenters. The highest BCUT2D eigenvalue weighted by molar-refractivity contribution is 5.74. The van der Waals surface area contributed by atoms with Crippen LogP contribution in [0.1, 0.15) is 41.5 Å². The SMILES string of the molecule is CC(C)N1c2cccc(c2)N(C(C)C)c2cccc(n2)[N+](C)(C)c2cccc(c2)N(C(C)C)c2cccc1n2. The fraction of sp³-hybridized carbons (Fsp3) is 0.333. The molecule has 0 atom stereocenters. The Kier molecular flexibility index (Phi) is 7.08. The summed E-state index contributed by atoms with van der Waals surface area (Å²) in [5.74, 6) is 3.79. The average molecular weight is 522 g/mol. The molecule has 0 N–H and O–H groups in total. The predicted molar refractivity (Wildman–Crippen MR) is 166 cm³/mol. The Balaban J connectivity index is 1.83. The Bertz CT molecular complexity index is 1350. The smallest absolute Gasteiger partial charge is 0.234 e. The van der Waals surface area contributed by atoms with Crippen LogP contribution in [0, 0.1) is 0 Å². The van der Waals surface area contributed by atoms with Gasteiger partial charge in [0.2, 0.25) is 5.82 Å². The number of fused-ring (bicyclic) bond motifs is 8. The average Bonchev–Trinajstić information content (AvgIpc) is 2.89. The number of benzene rings is 2. The van der Waals surface area contributed by atoms with Gasteiger partial charge in [-0.25, -0.2) is 9.47 Å². The lowest BCUT2D eigenvalue weighted by molar-refractivity contribution is 0.539. The molecule has 8 bridgehead atoms. The van der Waals surface area contributed by atoms with Crippen LogP contribution < -0.4 is 19.2 Å². The molecule has 0 amide bonds. The van der Waals surface area contributed by atoms with Crippen molar-refractivity contribution in [1.29, 1.82) is 0 Å². The van der Waals surface area contributed by atoms with Gasteiger partial charge in [0.05, 0.1) is 14.1 Å². The van der Waals surface area contributed by atoms with Crippen LogP contribution >= 0.6 is 0 Å². The maximum Gasteiger partial charge on any atom is 0.234 e. The van der Waals surface area contributed by atoms with E-state index < -0.39 is 0 Å². The van der Waals surface area contributed by atoms with Crippen LogP contribution in [0.3, 0.4) is 0 Å². The Morgan fingerprint density at radius 1 is 0.513 bits per heavy atom. The fourth-order valence-electron chi connectivity index (χ4n) is 5.54. The summed E-state index contributed by atoms with van der Waals surface area (Å²) >= 11 is 0. The summed E-state index contributed by atoms with van der Waals surface area (Å²) in [5.41, 5.74) is 4.49. The van der Waals surface area contributed by atoms with Gasteiger partial charge in [-0.05, 0) is 90.1 Å². The van der Waals surface area contributed by atoms with Gasteiger partial charge in [0.15, 0.2) is 0 Å². The molecule has 5 rings (SSSR count). The van der Waals surface area contributed by atoms with Gasteiger partial charge in [-0.2, -0.15) is 4.98 Å². The second kappa shape index (κ2) is 10.3. The van der Waals surface area contributed by atoms with Gasteiger partial charge in [-0.15, -0.1) is 0 Å². The molecule has 0 spiro atoms. The van der Waals surface area contributed by atoms with E-state index in [0.29, 0.717) is 4.48 Å². The molecule has 1 aliphatic heterocycles. The second-order valence-electron chi connectivity index (χ2n) is 11.6. The van der Waals surface area contributed by atoms with Crippen molar-refractivity contribution < 1.29 is 0 Å². The second-order valence-corrected chi connectivity index (χ2v) is 11.6. The van der Waals surface area contributed by atoms with Crippen LogP contribution in [0.5, 0.6) is 0 Å². The molecule has 1 aliphatic rings. The van der Waals surface area contributed by atoms with Crippen LogP contribution in [0.15, 0.2) is 84.9 Å². The van der Waals surface area contributed by atoms with E-state index >= 15 is 0 Å². The van der Waals surface area contributed by atoms with Gasteiger partial charge in [0.25, 0.3) is 0 Å². The third-order valence-corrected chi connectivity index (χ3v) is 7.44. The zero-order valence-electron chi connectivity index (χ0n) is 24.5. The van der Waals surface area contributed by atoms with Crippen LogP contribution in [0.4, 0.5) is 46.0 Å². The van der Waals surface area contributed by atoms with E-state index in [0.717, 1.165) is 46.0 Å². The number of hydrogen-bond acceptors (Lipinski definition) is 5. The maximum atomic E-state index is 5.25. The maximum absolute atomic E-state index is 5.25. The van der Waals surface area contributed by atoms with E-state index in [1.165, 1.54) is 0 Å². The van der Waals surface area contributed by atoms with Crippen molar-refractivity contribution in [3.63, 3.8) is 0 Å². The number of pyridine rings is 2. The molecule has 6 nitrogen and oxygen atoms in total. The zero-order valence-corrected chi connectivity index (χ0v) is 24.5. The van der Waals surface area contributed by atoms with Gasteiger partial charge in [-0.3, -0.25) is 0 Å². The normalized spacial score (nSPS) is 14.9. The molecule has 0 fully saturated rings. The summed E-state index contributed by atoms with van der Waals surface area (Å²) in [4.78, 5) is 17.5. The summed E-state index contributed by atoms with van der Waals surface area (Å²) in [5, 5.41) is 0. The molecule has 0 aliphatic carbocycles. The van der Waals surface area contributed by atoms with E-state index in [-0.39, 0.29) is 18.1 Å². The van der Waals surface area contributed by atoms with Crippen molar-refractivity contribution in [1.82, 2.24) is 14.5 Å². The number of nitrogens with zero attached hydrogens (tertiary/aromatic N) is 6. The van der Waals surface area contributed by atoms with Crippen LogP contribution in [-0.4, -0.2) is 42.2 Å². The third-order valence-electron chi connectivity index (χ3n) is 7.44. The van der Waals surface area contributed by atoms with Crippen LogP contribution in [-0.2, 0) is 0 Å². The van der Waals surface area contributed by atoms with E-state index in [1.807, 2.05) is 0 Å². The minimum atomic E-state index is 0.213. The van der Waals surface area contributed by atoms with Crippen molar-refractivity contribution in [2.75, 3.05) is 28.8 Å². The van der Waals surface area contributed by atoms with Crippen molar-refractivity contribution in [3.05, 3.63) is 84.9 Å². The van der Waals surface area contributed by atoms with Crippen molar-refractivity contribution in [2.45, 2.75) is 59.7 Å². The quantitative estimate of drug-likeness (QED) is 0.253. The molecule has 2 aromatic carbocycles. The van der Waals surface area contributed by atoms with E-state index in [1.54, 1.807) is 0 Å². The molecule has 6 heteroatoms. The fourth-order valence-corrected chi connectivity index (χ4v) is 5.54. The molecule has 3 heterocycles. The highest BCUT2D eigenvalue weighted by Crippen LogP contribution is 2.39. The molecule has 2 aromatic heterocycles. The molecule has 0 radical (unpaired) electrons. The number of rotatable bonds is 3. The lowest BCUT2D eigenvalue weighted by Crippen LogP contribution is -2.36. The third kappa shape index (κ3) is 4.97. The minimum Gasteiger partial charge on any atom is -0.324 e. The van der Waals surface area contributed by atoms with Gasteiger partial charge >= 0.3 is 0 Å². The van der Waals surface area contributed by atoms with E-state index in [4.69, 9.17) is 9.97 Å². The first-order chi connectivity index (χ1) is 18.6. The Morgan fingerprint density at radius 3 is 1.44 bits per heavy atom. The van der Waals surface area contributed by atoms with Gasteiger partial charge in [-0.1, -0.05) is 24.3 Å². The predicted octanol–water partition coefficient (Wildman–Crippen LogP) is 8.33. The zero-order chi connectivity index (χ0) is 27.9. The van der Waals surface area contributed by atoms with Gasteiger partial charge < -0.3 is 14.7 Å². The first-order valence-electron chi connectivity index (χ1n) is 13.9. The molecule has 202 valence electrons. The van der Waals surface area contributed by atoms with Gasteiger partial charge in [0.1, 0.15) is 23.1 Å². The molecular formula is C33H41N6+. The lowest BCUT2D eigenvalue weighted by Gasteiger charge is -2.35. The Hall–Kier alpha value is -3.90. The summed E-state index contributed by atoms with van der Waals surface area (Å²) in [6.07, 6.45) is 0. The number of anilines is 6. The molecule has 0 saturated carbocycles. The summed E-state index contributed by atoms with van der Waals surface area (Å²) < 4.78 is 0.522. The minimum absolute atomic E-state index is 0.213.